The summed E-state index contributed by atoms with van der Waals surface area (Å²) in [5.74, 6) is 0. The second-order valence-electron chi connectivity index (χ2n) is 11.1. The summed E-state index contributed by atoms with van der Waals surface area (Å²) >= 11 is 0. The van der Waals surface area contributed by atoms with Crippen molar-refractivity contribution in [2.45, 2.75) is 19.3 Å². The fourth-order valence-electron chi connectivity index (χ4n) is 6.14. The van der Waals surface area contributed by atoms with Gasteiger partial charge < -0.3 is 4.90 Å². The Kier molecular flexibility index (Phi) is 5.86. The smallest absolute Gasteiger partial charge is 0.0502 e. The van der Waals surface area contributed by atoms with Gasteiger partial charge in [-0.2, -0.15) is 0 Å². The van der Waals surface area contributed by atoms with E-state index < -0.39 is 0 Å². The molecule has 0 amide bonds. The fraction of sp³-hybridized carbons (Fsp3) is 0.0769. The molecule has 0 fully saturated rings. The Morgan fingerprint density at radius 2 is 0.750 bits per heavy atom. The van der Waals surface area contributed by atoms with Crippen molar-refractivity contribution in [3.05, 3.63) is 163 Å². The summed E-state index contributed by atoms with van der Waals surface area (Å²) in [4.78, 5) is 2.41. The van der Waals surface area contributed by atoms with Crippen LogP contribution in [0.4, 0.5) is 17.1 Å². The van der Waals surface area contributed by atoms with Gasteiger partial charge in [0.05, 0.1) is 11.4 Å². The monoisotopic (exact) mass is 513 g/mol. The number of para-hydroxylation sites is 2. The number of hydrogen-bond donors (Lipinski definition) is 0. The molecule has 1 heterocycles. The summed E-state index contributed by atoms with van der Waals surface area (Å²) in [6, 6.07) is 54.9. The van der Waals surface area contributed by atoms with Crippen molar-refractivity contribution in [3.63, 3.8) is 0 Å². The van der Waals surface area contributed by atoms with Crippen molar-refractivity contribution >= 4 is 17.1 Å². The molecule has 6 aromatic rings. The molecule has 1 aliphatic rings. The lowest BCUT2D eigenvalue weighted by Gasteiger charge is -2.42. The standard InChI is InChI=1S/C39H31N/c1-39(2)35-17-9-11-19-37(35)40(38-20-12-10-18-36(38)39)34-23-21-30(22-24-34)33-26-31(28-13-5-3-6-14-28)25-32(27-33)29-15-7-4-8-16-29/h3-27H,1-2H3. The first-order valence-electron chi connectivity index (χ1n) is 14.0. The number of rotatable bonds is 4. The van der Waals surface area contributed by atoms with E-state index in [4.69, 9.17) is 0 Å². The third-order valence-electron chi connectivity index (χ3n) is 8.24. The molecular formula is C39H31N. The van der Waals surface area contributed by atoms with Gasteiger partial charge in [0.15, 0.2) is 0 Å². The predicted octanol–water partition coefficient (Wildman–Crippen LogP) is 10.8. The first-order chi connectivity index (χ1) is 19.6. The van der Waals surface area contributed by atoms with Crippen LogP contribution in [0.3, 0.4) is 0 Å². The normalized spacial score (nSPS) is 13.4. The minimum atomic E-state index is -0.0602. The SMILES string of the molecule is CC1(C)c2ccccc2N(c2ccc(-c3cc(-c4ccccc4)cc(-c4ccccc4)c3)cc2)c2ccccc21. The van der Waals surface area contributed by atoms with Crippen molar-refractivity contribution in [1.29, 1.82) is 0 Å². The van der Waals surface area contributed by atoms with Gasteiger partial charge in [-0.05, 0) is 87.0 Å². The lowest BCUT2D eigenvalue weighted by atomic mass is 9.73. The molecule has 7 rings (SSSR count). The van der Waals surface area contributed by atoms with Crippen LogP contribution in [-0.2, 0) is 5.41 Å². The number of anilines is 3. The summed E-state index contributed by atoms with van der Waals surface area (Å²) in [7, 11) is 0. The first-order valence-corrected chi connectivity index (χ1v) is 14.0. The second kappa shape index (κ2) is 9.70. The van der Waals surface area contributed by atoms with E-state index >= 15 is 0 Å². The van der Waals surface area contributed by atoms with Crippen LogP contribution in [0.2, 0.25) is 0 Å². The molecule has 1 nitrogen and oxygen atoms in total. The molecule has 40 heavy (non-hydrogen) atoms. The molecule has 0 saturated carbocycles. The van der Waals surface area contributed by atoms with Crippen molar-refractivity contribution < 1.29 is 0 Å². The molecule has 0 unspecified atom stereocenters. The van der Waals surface area contributed by atoms with Gasteiger partial charge in [-0.3, -0.25) is 0 Å². The Morgan fingerprint density at radius 1 is 0.375 bits per heavy atom. The largest absolute Gasteiger partial charge is 0.310 e. The van der Waals surface area contributed by atoms with Crippen LogP contribution in [0.1, 0.15) is 25.0 Å². The zero-order valence-corrected chi connectivity index (χ0v) is 22.9. The van der Waals surface area contributed by atoms with Crippen LogP contribution in [0.5, 0.6) is 0 Å². The lowest BCUT2D eigenvalue weighted by molar-refractivity contribution is 0.632. The van der Waals surface area contributed by atoms with Crippen LogP contribution in [0.25, 0.3) is 33.4 Å². The van der Waals surface area contributed by atoms with E-state index in [1.54, 1.807) is 0 Å². The van der Waals surface area contributed by atoms with E-state index in [2.05, 4.69) is 170 Å². The topological polar surface area (TPSA) is 3.24 Å². The highest BCUT2D eigenvalue weighted by Crippen LogP contribution is 2.51. The summed E-state index contributed by atoms with van der Waals surface area (Å²) < 4.78 is 0. The maximum atomic E-state index is 2.41. The fourth-order valence-corrected chi connectivity index (χ4v) is 6.14. The van der Waals surface area contributed by atoms with Gasteiger partial charge in [-0.1, -0.05) is 123 Å². The van der Waals surface area contributed by atoms with Crippen molar-refractivity contribution in [2.75, 3.05) is 4.90 Å². The summed E-state index contributed by atoms with van der Waals surface area (Å²) in [6.07, 6.45) is 0. The van der Waals surface area contributed by atoms with Crippen molar-refractivity contribution in [2.24, 2.45) is 0 Å². The minimum absolute atomic E-state index is 0.0602. The van der Waals surface area contributed by atoms with E-state index in [0.29, 0.717) is 0 Å². The molecule has 0 radical (unpaired) electrons. The maximum Gasteiger partial charge on any atom is 0.0502 e. The third-order valence-corrected chi connectivity index (χ3v) is 8.24. The number of fused-ring (bicyclic) bond motifs is 2. The second-order valence-corrected chi connectivity index (χ2v) is 11.1. The Morgan fingerprint density at radius 3 is 1.20 bits per heavy atom. The summed E-state index contributed by atoms with van der Waals surface area (Å²) in [5, 5.41) is 0. The molecule has 0 bridgehead atoms. The highest BCUT2D eigenvalue weighted by Gasteiger charge is 2.36. The molecule has 0 atom stereocenters. The highest BCUT2D eigenvalue weighted by molar-refractivity contribution is 5.87. The molecule has 1 heteroatoms. The Labute approximate surface area is 237 Å². The molecule has 0 aromatic heterocycles. The van der Waals surface area contributed by atoms with Crippen LogP contribution < -0.4 is 4.90 Å². The van der Waals surface area contributed by atoms with Gasteiger partial charge in [0.1, 0.15) is 0 Å². The summed E-state index contributed by atoms with van der Waals surface area (Å²) in [6.45, 7) is 4.66. The Hall–Kier alpha value is -4.88. The number of nitrogens with zero attached hydrogens (tertiary/aromatic N) is 1. The van der Waals surface area contributed by atoms with Crippen LogP contribution in [0, 0.1) is 0 Å². The summed E-state index contributed by atoms with van der Waals surface area (Å²) in [5.41, 5.74) is 13.6. The lowest BCUT2D eigenvalue weighted by Crippen LogP contribution is -2.30. The maximum absolute atomic E-state index is 2.41. The van der Waals surface area contributed by atoms with E-state index in [1.807, 2.05) is 0 Å². The first kappa shape index (κ1) is 24.2. The average molecular weight is 514 g/mol. The minimum Gasteiger partial charge on any atom is -0.310 e. The van der Waals surface area contributed by atoms with Gasteiger partial charge >= 0.3 is 0 Å². The van der Waals surface area contributed by atoms with Gasteiger partial charge in [-0.15, -0.1) is 0 Å². The van der Waals surface area contributed by atoms with Crippen LogP contribution >= 0.6 is 0 Å². The average Bonchev–Trinajstić information content (AvgIpc) is 3.02. The molecular weight excluding hydrogens is 482 g/mol. The Balaban J connectivity index is 1.34. The van der Waals surface area contributed by atoms with Crippen LogP contribution in [-0.4, -0.2) is 0 Å². The molecule has 0 aliphatic carbocycles. The van der Waals surface area contributed by atoms with Gasteiger partial charge in [0.25, 0.3) is 0 Å². The van der Waals surface area contributed by atoms with Crippen molar-refractivity contribution in [3.8, 4) is 33.4 Å². The third kappa shape index (κ3) is 4.12. The predicted molar refractivity (Wildman–Crippen MR) is 170 cm³/mol. The highest BCUT2D eigenvalue weighted by atomic mass is 15.2. The molecule has 6 aromatic carbocycles. The van der Waals surface area contributed by atoms with Gasteiger partial charge in [0, 0.05) is 11.1 Å². The number of hydrogen-bond acceptors (Lipinski definition) is 1. The number of benzene rings is 6. The van der Waals surface area contributed by atoms with Crippen LogP contribution in [0.15, 0.2) is 152 Å². The molecule has 0 saturated heterocycles. The molecule has 0 N–H and O–H groups in total. The van der Waals surface area contributed by atoms with E-state index in [9.17, 15) is 0 Å². The zero-order valence-electron chi connectivity index (χ0n) is 22.9. The molecule has 1 aliphatic heterocycles. The zero-order chi connectivity index (χ0) is 27.1. The van der Waals surface area contributed by atoms with E-state index in [0.717, 1.165) is 0 Å². The molecule has 192 valence electrons. The van der Waals surface area contributed by atoms with Gasteiger partial charge in [0.2, 0.25) is 0 Å². The quantitative estimate of drug-likeness (QED) is 0.227. The Bertz CT molecular complexity index is 1690. The van der Waals surface area contributed by atoms with Crippen molar-refractivity contribution in [1.82, 2.24) is 0 Å². The molecule has 0 spiro atoms. The van der Waals surface area contributed by atoms with E-state index in [-0.39, 0.29) is 5.41 Å². The van der Waals surface area contributed by atoms with Gasteiger partial charge in [-0.25, -0.2) is 0 Å². The van der Waals surface area contributed by atoms with E-state index in [1.165, 1.54) is 61.6 Å².